The van der Waals surface area contributed by atoms with Gasteiger partial charge in [-0.15, -0.1) is 0 Å². The SMILES string of the molecule is O=C1CCCC=C1C(c1ccccc1)c1ccccc1. The van der Waals surface area contributed by atoms with E-state index < -0.39 is 0 Å². The molecule has 2 aromatic rings. The molecule has 1 aliphatic carbocycles. The van der Waals surface area contributed by atoms with Crippen LogP contribution in [0.25, 0.3) is 0 Å². The molecule has 0 fully saturated rings. The first-order chi connectivity index (χ1) is 9.86. The van der Waals surface area contributed by atoms with Crippen LogP contribution in [0.15, 0.2) is 72.3 Å². The lowest BCUT2D eigenvalue weighted by Crippen LogP contribution is -2.16. The second kappa shape index (κ2) is 5.87. The van der Waals surface area contributed by atoms with Crippen LogP contribution in [0.5, 0.6) is 0 Å². The Kier molecular flexibility index (Phi) is 3.78. The molecular formula is C19H18O. The fourth-order valence-electron chi connectivity index (χ4n) is 2.90. The van der Waals surface area contributed by atoms with E-state index in [-0.39, 0.29) is 5.92 Å². The van der Waals surface area contributed by atoms with Gasteiger partial charge in [0, 0.05) is 17.9 Å². The van der Waals surface area contributed by atoms with Crippen LogP contribution in [0, 0.1) is 0 Å². The number of ketones is 1. The van der Waals surface area contributed by atoms with Crippen LogP contribution < -0.4 is 0 Å². The van der Waals surface area contributed by atoms with Crippen molar-refractivity contribution in [2.24, 2.45) is 0 Å². The number of hydrogen-bond donors (Lipinski definition) is 0. The number of benzene rings is 2. The van der Waals surface area contributed by atoms with Gasteiger partial charge in [-0.25, -0.2) is 0 Å². The zero-order chi connectivity index (χ0) is 13.8. The fourth-order valence-corrected chi connectivity index (χ4v) is 2.90. The number of allylic oxidation sites excluding steroid dienone is 2. The van der Waals surface area contributed by atoms with Crippen molar-refractivity contribution in [1.82, 2.24) is 0 Å². The molecule has 0 radical (unpaired) electrons. The van der Waals surface area contributed by atoms with Crippen molar-refractivity contribution in [2.75, 3.05) is 0 Å². The molecule has 0 atom stereocenters. The van der Waals surface area contributed by atoms with E-state index in [2.05, 4.69) is 30.3 Å². The molecule has 0 spiro atoms. The zero-order valence-corrected chi connectivity index (χ0v) is 11.5. The van der Waals surface area contributed by atoms with E-state index in [0.29, 0.717) is 12.2 Å². The van der Waals surface area contributed by atoms with E-state index in [1.54, 1.807) is 0 Å². The molecule has 2 aromatic carbocycles. The maximum atomic E-state index is 12.3. The molecule has 0 amide bonds. The Morgan fingerprint density at radius 1 is 0.800 bits per heavy atom. The largest absolute Gasteiger partial charge is 0.295 e. The Bertz CT molecular complexity index is 571. The van der Waals surface area contributed by atoms with Gasteiger partial charge in [0.15, 0.2) is 5.78 Å². The molecule has 1 aliphatic rings. The second-order valence-electron chi connectivity index (χ2n) is 5.23. The number of hydrogen-bond acceptors (Lipinski definition) is 1. The van der Waals surface area contributed by atoms with Gasteiger partial charge < -0.3 is 0 Å². The van der Waals surface area contributed by atoms with Crippen LogP contribution in [0.2, 0.25) is 0 Å². The van der Waals surface area contributed by atoms with Crippen LogP contribution >= 0.6 is 0 Å². The van der Waals surface area contributed by atoms with Crippen LogP contribution in [-0.2, 0) is 4.79 Å². The smallest absolute Gasteiger partial charge is 0.159 e. The molecule has 0 N–H and O–H groups in total. The highest BCUT2D eigenvalue weighted by molar-refractivity contribution is 5.98. The van der Waals surface area contributed by atoms with E-state index in [9.17, 15) is 4.79 Å². The highest BCUT2D eigenvalue weighted by Crippen LogP contribution is 2.35. The summed E-state index contributed by atoms with van der Waals surface area (Å²) in [5.74, 6) is 0.374. The summed E-state index contributed by atoms with van der Waals surface area (Å²) >= 11 is 0. The summed E-state index contributed by atoms with van der Waals surface area (Å²) in [6.45, 7) is 0. The van der Waals surface area contributed by atoms with E-state index in [0.717, 1.165) is 18.4 Å². The molecular weight excluding hydrogens is 244 g/mol. The average molecular weight is 262 g/mol. The molecule has 0 heterocycles. The number of Topliss-reactive ketones (excluding diaryl/α,β-unsaturated/α-hetero) is 1. The molecule has 3 rings (SSSR count). The molecule has 1 heteroatoms. The summed E-state index contributed by atoms with van der Waals surface area (Å²) in [6, 6.07) is 20.6. The maximum absolute atomic E-state index is 12.3. The third kappa shape index (κ3) is 2.57. The van der Waals surface area contributed by atoms with Crippen molar-refractivity contribution in [3.8, 4) is 0 Å². The second-order valence-corrected chi connectivity index (χ2v) is 5.23. The Balaban J connectivity index is 2.09. The normalized spacial score (nSPS) is 15.2. The Hall–Kier alpha value is -2.15. The van der Waals surface area contributed by atoms with Gasteiger partial charge >= 0.3 is 0 Å². The Morgan fingerprint density at radius 3 is 1.85 bits per heavy atom. The van der Waals surface area contributed by atoms with Gasteiger partial charge in [-0.2, -0.15) is 0 Å². The Labute approximate surface area is 120 Å². The molecule has 0 saturated carbocycles. The van der Waals surface area contributed by atoms with E-state index in [1.807, 2.05) is 36.4 Å². The fraction of sp³-hybridized carbons (Fsp3) is 0.211. The zero-order valence-electron chi connectivity index (χ0n) is 11.5. The molecule has 20 heavy (non-hydrogen) atoms. The predicted molar refractivity (Wildman–Crippen MR) is 81.7 cm³/mol. The summed E-state index contributed by atoms with van der Waals surface area (Å²) < 4.78 is 0. The first kappa shape index (κ1) is 12.9. The molecule has 0 saturated heterocycles. The topological polar surface area (TPSA) is 17.1 Å². The van der Waals surface area contributed by atoms with Crippen molar-refractivity contribution < 1.29 is 4.79 Å². The summed E-state index contributed by atoms with van der Waals surface area (Å²) in [7, 11) is 0. The molecule has 1 nitrogen and oxygen atoms in total. The van der Waals surface area contributed by atoms with Gasteiger partial charge in [0.2, 0.25) is 0 Å². The molecule has 0 aliphatic heterocycles. The lowest BCUT2D eigenvalue weighted by molar-refractivity contribution is -0.116. The number of carbonyl (C=O) groups is 1. The molecule has 0 bridgehead atoms. The van der Waals surface area contributed by atoms with Crippen LogP contribution in [0.4, 0.5) is 0 Å². The first-order valence-corrected chi connectivity index (χ1v) is 7.19. The van der Waals surface area contributed by atoms with E-state index in [1.165, 1.54) is 11.1 Å². The molecule has 0 unspecified atom stereocenters. The lowest BCUT2D eigenvalue weighted by Gasteiger charge is -2.23. The number of carbonyl (C=O) groups excluding carboxylic acids is 1. The number of rotatable bonds is 3. The van der Waals surface area contributed by atoms with Crippen molar-refractivity contribution in [3.63, 3.8) is 0 Å². The van der Waals surface area contributed by atoms with E-state index >= 15 is 0 Å². The maximum Gasteiger partial charge on any atom is 0.159 e. The third-order valence-corrected chi connectivity index (χ3v) is 3.87. The minimum Gasteiger partial charge on any atom is -0.295 e. The van der Waals surface area contributed by atoms with E-state index in [4.69, 9.17) is 0 Å². The van der Waals surface area contributed by atoms with Crippen LogP contribution in [-0.4, -0.2) is 5.78 Å². The summed E-state index contributed by atoms with van der Waals surface area (Å²) in [6.07, 6.45) is 4.81. The monoisotopic (exact) mass is 262 g/mol. The van der Waals surface area contributed by atoms with Gasteiger partial charge in [0.1, 0.15) is 0 Å². The van der Waals surface area contributed by atoms with Gasteiger partial charge in [-0.1, -0.05) is 66.7 Å². The minimum absolute atomic E-state index is 0.0743. The van der Waals surface area contributed by atoms with Gasteiger partial charge in [-0.3, -0.25) is 4.79 Å². The summed E-state index contributed by atoms with van der Waals surface area (Å²) in [4.78, 5) is 12.3. The van der Waals surface area contributed by atoms with Crippen molar-refractivity contribution in [3.05, 3.63) is 83.4 Å². The summed E-state index contributed by atoms with van der Waals surface area (Å²) in [5.41, 5.74) is 3.36. The average Bonchev–Trinajstić information content (AvgIpc) is 2.52. The molecule has 100 valence electrons. The highest BCUT2D eigenvalue weighted by atomic mass is 16.1. The van der Waals surface area contributed by atoms with Crippen LogP contribution in [0.3, 0.4) is 0 Å². The van der Waals surface area contributed by atoms with Crippen molar-refractivity contribution >= 4 is 5.78 Å². The summed E-state index contributed by atoms with van der Waals surface area (Å²) in [5, 5.41) is 0. The molecule has 0 aromatic heterocycles. The van der Waals surface area contributed by atoms with Crippen LogP contribution in [0.1, 0.15) is 36.3 Å². The Morgan fingerprint density at radius 2 is 1.35 bits per heavy atom. The van der Waals surface area contributed by atoms with Crippen molar-refractivity contribution in [2.45, 2.75) is 25.2 Å². The first-order valence-electron chi connectivity index (χ1n) is 7.19. The highest BCUT2D eigenvalue weighted by Gasteiger charge is 2.25. The third-order valence-electron chi connectivity index (χ3n) is 3.87. The van der Waals surface area contributed by atoms with Gasteiger partial charge in [0.25, 0.3) is 0 Å². The van der Waals surface area contributed by atoms with Gasteiger partial charge in [0.05, 0.1) is 0 Å². The van der Waals surface area contributed by atoms with Gasteiger partial charge in [-0.05, 0) is 24.0 Å². The lowest BCUT2D eigenvalue weighted by atomic mass is 9.79. The minimum atomic E-state index is 0.0743. The quantitative estimate of drug-likeness (QED) is 0.796. The van der Waals surface area contributed by atoms with Crippen molar-refractivity contribution in [1.29, 1.82) is 0 Å². The predicted octanol–water partition coefficient (Wildman–Crippen LogP) is 4.50. The standard InChI is InChI=1S/C19H18O/c20-18-14-8-7-13-17(18)19(15-9-3-1-4-10-15)16-11-5-2-6-12-16/h1-6,9-13,19H,7-8,14H2.